The van der Waals surface area contributed by atoms with Gasteiger partial charge in [0.25, 0.3) is 17.7 Å². The molecule has 0 aliphatic carbocycles. The molecule has 0 radical (unpaired) electrons. The van der Waals surface area contributed by atoms with E-state index in [0.717, 1.165) is 10.5 Å². The summed E-state index contributed by atoms with van der Waals surface area (Å²) in [5.41, 5.74) is 2.36. The minimum atomic E-state index is -1.44. The maximum atomic E-state index is 13.7. The molecule has 5 rings (SSSR count). The highest BCUT2D eigenvalue weighted by atomic mass is 16.6. The van der Waals surface area contributed by atoms with Gasteiger partial charge in [-0.3, -0.25) is 19.2 Å². The zero-order valence-electron chi connectivity index (χ0n) is 33.4. The van der Waals surface area contributed by atoms with Gasteiger partial charge in [0, 0.05) is 52.1 Å². The Hall–Kier alpha value is -6.05. The third-order valence-corrected chi connectivity index (χ3v) is 9.89. The first-order valence-corrected chi connectivity index (χ1v) is 18.8. The third kappa shape index (κ3) is 9.90. The molecular formula is C39H51BN8O10. The Labute approximate surface area is 337 Å². The van der Waals surface area contributed by atoms with Crippen LogP contribution in [0.15, 0.2) is 61.5 Å². The number of carbonyl (C=O) groups excluding carboxylic acids is 5. The van der Waals surface area contributed by atoms with Gasteiger partial charge in [0.1, 0.15) is 18.0 Å². The van der Waals surface area contributed by atoms with Crippen molar-refractivity contribution in [3.8, 4) is 11.5 Å². The van der Waals surface area contributed by atoms with Crippen LogP contribution in [0.1, 0.15) is 57.0 Å². The van der Waals surface area contributed by atoms with Crippen LogP contribution >= 0.6 is 0 Å². The minimum absolute atomic E-state index is 0.0491. The number of amides is 5. The molecule has 18 nitrogen and oxygen atoms in total. The molecule has 4 heterocycles. The van der Waals surface area contributed by atoms with Crippen molar-refractivity contribution < 1.29 is 48.3 Å². The molecule has 2 aromatic heterocycles. The lowest BCUT2D eigenvalue weighted by atomic mass is 9.86. The number of nitrogens with zero attached hydrogens (tertiary/aromatic N) is 5. The smallest absolute Gasteiger partial charge is 0.416 e. The van der Waals surface area contributed by atoms with Crippen molar-refractivity contribution in [1.29, 1.82) is 0 Å². The fourth-order valence-electron chi connectivity index (χ4n) is 6.74. The first-order chi connectivity index (χ1) is 27.6. The second-order valence-corrected chi connectivity index (χ2v) is 14.3. The standard InChI is InChI=1S/C39H51BN8O10/c1-8-14-58-39(54)48-28-20-33(32(56-7)19-27(28)37(52)47-21-24(2)16-31(47)38(48)53)57-15-9-11-34(49)42-25-17-30(45(5)22-25)36(51)43-26-18-29(44(4)23-26)35(50)41-12-10-13-46(6)40(3)55/h8,17-20,22-23,31,38,53,55H,1-2,9-16,21H2,3-7H3,(H,41,50)(H,42,49)(H,43,51)/t31-,38?/m0/s1. The Morgan fingerprint density at radius 3 is 2.34 bits per heavy atom. The van der Waals surface area contributed by atoms with Gasteiger partial charge in [-0.15, -0.1) is 0 Å². The fourth-order valence-corrected chi connectivity index (χ4v) is 6.74. The molecule has 3 aromatic rings. The van der Waals surface area contributed by atoms with Gasteiger partial charge in [-0.05, 0) is 57.9 Å². The molecule has 19 heteroatoms. The molecule has 5 amide bonds. The molecule has 0 saturated carbocycles. The Morgan fingerprint density at radius 1 is 1.02 bits per heavy atom. The third-order valence-electron chi connectivity index (χ3n) is 9.89. The Kier molecular flexibility index (Phi) is 14.1. The summed E-state index contributed by atoms with van der Waals surface area (Å²) in [4.78, 5) is 70.0. The summed E-state index contributed by atoms with van der Waals surface area (Å²) in [7, 11) is 5.98. The SMILES string of the molecule is C=CCOC(=O)N1c2cc(OCCCC(=O)Nc3cc(C(=O)Nc4cc(C(=O)NCCCN(C)B(C)O)n(C)c4)n(C)c3)c(OC)cc2C(=O)N2CC(=C)C[C@H]2C1O. The Bertz CT molecular complexity index is 2060. The van der Waals surface area contributed by atoms with Gasteiger partial charge in [0.15, 0.2) is 17.7 Å². The van der Waals surface area contributed by atoms with E-state index in [9.17, 15) is 34.1 Å². The number of nitrogens with one attached hydrogen (secondary N) is 3. The minimum Gasteiger partial charge on any atom is -0.493 e. The van der Waals surface area contributed by atoms with Crippen LogP contribution in [0.4, 0.5) is 21.9 Å². The highest BCUT2D eigenvalue weighted by molar-refractivity contribution is 6.45. The maximum Gasteiger partial charge on any atom is 0.416 e. The molecule has 1 saturated heterocycles. The van der Waals surface area contributed by atoms with Gasteiger partial charge >= 0.3 is 13.1 Å². The van der Waals surface area contributed by atoms with E-state index in [-0.39, 0.29) is 72.9 Å². The van der Waals surface area contributed by atoms with E-state index in [1.54, 1.807) is 60.4 Å². The second-order valence-electron chi connectivity index (χ2n) is 14.3. The van der Waals surface area contributed by atoms with Crippen LogP contribution in [0.3, 0.4) is 0 Å². The van der Waals surface area contributed by atoms with Crippen LogP contribution in [0.2, 0.25) is 6.82 Å². The van der Waals surface area contributed by atoms with Crippen LogP contribution in [-0.2, 0) is 23.6 Å². The second kappa shape index (κ2) is 18.9. The number of hydrogen-bond acceptors (Lipinski definition) is 11. The molecule has 5 N–H and O–H groups in total. The molecule has 0 bridgehead atoms. The number of ether oxygens (including phenoxy) is 3. The van der Waals surface area contributed by atoms with Gasteiger partial charge in [-0.25, -0.2) is 9.69 Å². The van der Waals surface area contributed by atoms with Crippen molar-refractivity contribution >= 4 is 53.8 Å². The molecule has 58 heavy (non-hydrogen) atoms. The average molecular weight is 803 g/mol. The number of carbonyl (C=O) groups is 5. The highest BCUT2D eigenvalue weighted by Crippen LogP contribution is 2.42. The first kappa shape index (κ1) is 43.1. The van der Waals surface area contributed by atoms with Crippen molar-refractivity contribution in [2.45, 2.75) is 44.8 Å². The molecule has 310 valence electrons. The summed E-state index contributed by atoms with van der Waals surface area (Å²) in [6.07, 6.45) is 3.56. The molecule has 2 atom stereocenters. The number of aliphatic hydroxyl groups is 1. The lowest BCUT2D eigenvalue weighted by molar-refractivity contribution is -0.116. The summed E-state index contributed by atoms with van der Waals surface area (Å²) in [5, 5.41) is 29.4. The molecule has 1 unspecified atom stereocenters. The highest BCUT2D eigenvalue weighted by Gasteiger charge is 2.46. The van der Waals surface area contributed by atoms with Crippen LogP contribution in [-0.4, -0.2) is 125 Å². The summed E-state index contributed by atoms with van der Waals surface area (Å²) in [6.45, 7) is 10.4. The van der Waals surface area contributed by atoms with Gasteiger partial charge in [-0.2, -0.15) is 0 Å². The van der Waals surface area contributed by atoms with E-state index in [4.69, 9.17) is 14.2 Å². The van der Waals surface area contributed by atoms with E-state index < -0.39 is 37.2 Å². The number of hydrogen-bond donors (Lipinski definition) is 5. The lowest BCUT2D eigenvalue weighted by Crippen LogP contribution is -2.50. The van der Waals surface area contributed by atoms with Gasteiger partial charge in [0.05, 0.1) is 42.4 Å². The van der Waals surface area contributed by atoms with Crippen molar-refractivity contribution in [1.82, 2.24) is 24.2 Å². The van der Waals surface area contributed by atoms with Gasteiger partial charge < -0.3 is 59.1 Å². The summed E-state index contributed by atoms with van der Waals surface area (Å²) >= 11 is 0. The molecule has 2 aliphatic rings. The predicted octanol–water partition coefficient (Wildman–Crippen LogP) is 2.82. The van der Waals surface area contributed by atoms with Crippen molar-refractivity contribution in [3.63, 3.8) is 0 Å². The average Bonchev–Trinajstić information content (AvgIpc) is 3.87. The van der Waals surface area contributed by atoms with Gasteiger partial charge in [-0.1, -0.05) is 24.8 Å². The topological polar surface area (TPSA) is 209 Å². The van der Waals surface area contributed by atoms with Crippen molar-refractivity contribution in [2.75, 3.05) is 62.5 Å². The molecular weight excluding hydrogens is 751 g/mol. The van der Waals surface area contributed by atoms with E-state index in [1.165, 1.54) is 36.3 Å². The quantitative estimate of drug-likeness (QED) is 0.0762. The van der Waals surface area contributed by atoms with Crippen LogP contribution in [0, 0.1) is 0 Å². The number of methoxy groups -OCH3 is 1. The maximum absolute atomic E-state index is 13.7. The monoisotopic (exact) mass is 802 g/mol. The number of anilines is 3. The van der Waals surface area contributed by atoms with Gasteiger partial charge in [0.2, 0.25) is 5.91 Å². The first-order valence-electron chi connectivity index (χ1n) is 18.8. The number of benzene rings is 1. The fraction of sp³-hybridized carbons (Fsp3) is 0.410. The van der Waals surface area contributed by atoms with Crippen molar-refractivity contribution in [3.05, 3.63) is 78.4 Å². The summed E-state index contributed by atoms with van der Waals surface area (Å²) in [5.74, 6) is -1.11. The summed E-state index contributed by atoms with van der Waals surface area (Å²) in [6, 6.07) is 5.25. The van der Waals surface area contributed by atoms with E-state index in [2.05, 4.69) is 29.1 Å². The number of aliphatic hydroxyl groups excluding tert-OH is 1. The molecule has 1 aromatic carbocycles. The number of aryl methyl sites for hydroxylation is 2. The lowest BCUT2D eigenvalue weighted by Gasteiger charge is -2.31. The van der Waals surface area contributed by atoms with E-state index in [0.29, 0.717) is 43.0 Å². The number of aromatic nitrogens is 2. The number of rotatable bonds is 17. The van der Waals surface area contributed by atoms with E-state index in [1.807, 2.05) is 0 Å². The van der Waals surface area contributed by atoms with Crippen LogP contribution in [0.5, 0.6) is 11.5 Å². The molecule has 0 spiro atoms. The largest absolute Gasteiger partial charge is 0.493 e. The number of fused-ring (bicyclic) bond motifs is 2. The van der Waals surface area contributed by atoms with Crippen LogP contribution in [0.25, 0.3) is 0 Å². The predicted molar refractivity (Wildman–Crippen MR) is 217 cm³/mol. The summed E-state index contributed by atoms with van der Waals surface area (Å²) < 4.78 is 20.0. The molecule has 2 aliphatic heterocycles. The molecule has 1 fully saturated rings. The van der Waals surface area contributed by atoms with Crippen LogP contribution < -0.4 is 30.3 Å². The zero-order chi connectivity index (χ0) is 42.3. The zero-order valence-corrected chi connectivity index (χ0v) is 33.4. The Morgan fingerprint density at radius 2 is 1.69 bits per heavy atom. The van der Waals surface area contributed by atoms with E-state index >= 15 is 0 Å². The Balaban J connectivity index is 1.17. The normalized spacial score (nSPS) is 16.0. The van der Waals surface area contributed by atoms with Crippen molar-refractivity contribution in [2.24, 2.45) is 14.1 Å².